The fourth-order valence-corrected chi connectivity index (χ4v) is 6.17. The molecular formula is C30H42N4O3. The minimum atomic E-state index is -0.536. The Morgan fingerprint density at radius 2 is 2.03 bits per heavy atom. The van der Waals surface area contributed by atoms with Gasteiger partial charge in [-0.3, -0.25) is 14.8 Å². The second kappa shape index (κ2) is 10.6. The smallest absolute Gasteiger partial charge is 0.410 e. The van der Waals surface area contributed by atoms with Crippen LogP contribution in [-0.2, 0) is 28.9 Å². The summed E-state index contributed by atoms with van der Waals surface area (Å²) in [7, 11) is 2.19. The highest BCUT2D eigenvalue weighted by Gasteiger charge is 2.37. The number of nitrogens with zero attached hydrogens (tertiary/aromatic N) is 4. The van der Waals surface area contributed by atoms with E-state index in [1.165, 1.54) is 28.1 Å². The molecule has 1 aliphatic carbocycles. The Bertz CT molecular complexity index is 1110. The molecule has 3 heterocycles. The van der Waals surface area contributed by atoms with E-state index in [1.807, 2.05) is 37.9 Å². The van der Waals surface area contributed by atoms with Gasteiger partial charge in [-0.1, -0.05) is 18.2 Å². The topological polar surface area (TPSA) is 58.1 Å². The van der Waals surface area contributed by atoms with Gasteiger partial charge in [-0.15, -0.1) is 0 Å². The van der Waals surface area contributed by atoms with Crippen molar-refractivity contribution in [3.05, 3.63) is 58.9 Å². The van der Waals surface area contributed by atoms with Crippen LogP contribution in [0.2, 0.25) is 0 Å². The number of amides is 1. The zero-order valence-electron chi connectivity index (χ0n) is 23.1. The number of carbonyl (C=O) groups is 1. The van der Waals surface area contributed by atoms with E-state index in [0.29, 0.717) is 6.54 Å². The Labute approximate surface area is 221 Å². The molecule has 0 radical (unpaired) electrons. The summed E-state index contributed by atoms with van der Waals surface area (Å²) in [6.45, 7) is 11.8. The Balaban J connectivity index is 1.44. The largest absolute Gasteiger partial charge is 0.444 e. The Kier molecular flexibility index (Phi) is 7.46. The minimum absolute atomic E-state index is 0.0149. The first-order chi connectivity index (χ1) is 17.7. The zero-order chi connectivity index (χ0) is 26.2. The summed E-state index contributed by atoms with van der Waals surface area (Å²) in [5.41, 5.74) is 5.87. The zero-order valence-corrected chi connectivity index (χ0v) is 23.1. The first kappa shape index (κ1) is 26.0. The van der Waals surface area contributed by atoms with Gasteiger partial charge in [0.15, 0.2) is 0 Å². The Morgan fingerprint density at radius 3 is 2.81 bits per heavy atom. The van der Waals surface area contributed by atoms with E-state index in [0.717, 1.165) is 51.9 Å². The summed E-state index contributed by atoms with van der Waals surface area (Å²) in [5, 5.41) is 0. The predicted octanol–water partition coefficient (Wildman–Crippen LogP) is 4.98. The predicted molar refractivity (Wildman–Crippen MR) is 146 cm³/mol. The van der Waals surface area contributed by atoms with Gasteiger partial charge in [0.2, 0.25) is 0 Å². The van der Waals surface area contributed by atoms with Crippen LogP contribution in [0.4, 0.5) is 10.5 Å². The number of pyridine rings is 1. The van der Waals surface area contributed by atoms with Crippen LogP contribution in [0.15, 0.2) is 36.5 Å². The molecule has 1 saturated heterocycles. The fraction of sp³-hybridized carbons (Fsp3) is 0.600. The molecule has 1 fully saturated rings. The average molecular weight is 507 g/mol. The number of carbonyl (C=O) groups excluding carboxylic acids is 1. The monoisotopic (exact) mass is 506 g/mol. The number of rotatable bonds is 4. The highest BCUT2D eigenvalue weighted by molar-refractivity contribution is 5.70. The molecule has 0 N–H and O–H groups in total. The number of aromatic nitrogens is 1. The van der Waals surface area contributed by atoms with Crippen molar-refractivity contribution in [3.8, 4) is 0 Å². The maximum absolute atomic E-state index is 13.5. The molecule has 2 aromatic rings. The van der Waals surface area contributed by atoms with Crippen LogP contribution in [0.5, 0.6) is 0 Å². The lowest BCUT2D eigenvalue weighted by atomic mass is 9.89. The first-order valence-electron chi connectivity index (χ1n) is 13.8. The van der Waals surface area contributed by atoms with E-state index in [4.69, 9.17) is 14.5 Å². The molecule has 1 aromatic heterocycles. The molecule has 5 rings (SSSR count). The third kappa shape index (κ3) is 5.78. The highest BCUT2D eigenvalue weighted by atomic mass is 16.6. The van der Waals surface area contributed by atoms with Crippen LogP contribution >= 0.6 is 0 Å². The maximum Gasteiger partial charge on any atom is 0.410 e. The van der Waals surface area contributed by atoms with Crippen LogP contribution in [-0.4, -0.2) is 71.9 Å². The van der Waals surface area contributed by atoms with E-state index in [1.54, 1.807) is 0 Å². The molecule has 1 amide bonds. The van der Waals surface area contributed by atoms with Crippen molar-refractivity contribution >= 4 is 11.8 Å². The molecular weight excluding hydrogens is 464 g/mol. The van der Waals surface area contributed by atoms with Crippen molar-refractivity contribution < 1.29 is 14.3 Å². The molecule has 0 bridgehead atoms. The average Bonchev–Trinajstić information content (AvgIpc) is 2.86. The van der Waals surface area contributed by atoms with Crippen molar-refractivity contribution in [2.24, 2.45) is 0 Å². The summed E-state index contributed by atoms with van der Waals surface area (Å²) in [5.74, 6) is 0. The summed E-state index contributed by atoms with van der Waals surface area (Å²) in [4.78, 5) is 25.1. The second-order valence-electron chi connectivity index (χ2n) is 11.9. The number of morpholine rings is 1. The molecule has 1 aromatic carbocycles. The molecule has 7 nitrogen and oxygen atoms in total. The van der Waals surface area contributed by atoms with Gasteiger partial charge in [0.1, 0.15) is 5.60 Å². The fourth-order valence-electron chi connectivity index (χ4n) is 6.17. The molecule has 0 saturated carbocycles. The van der Waals surface area contributed by atoms with Gasteiger partial charge in [-0.25, -0.2) is 4.79 Å². The van der Waals surface area contributed by atoms with Gasteiger partial charge >= 0.3 is 6.09 Å². The molecule has 0 unspecified atom stereocenters. The number of hydrogen-bond acceptors (Lipinski definition) is 6. The molecule has 2 aliphatic heterocycles. The van der Waals surface area contributed by atoms with Crippen molar-refractivity contribution in [2.45, 2.75) is 83.7 Å². The lowest BCUT2D eigenvalue weighted by molar-refractivity contribution is 0.00644. The molecule has 0 spiro atoms. The van der Waals surface area contributed by atoms with Gasteiger partial charge in [-0.05, 0) is 89.2 Å². The normalized spacial score (nSPS) is 24.0. The van der Waals surface area contributed by atoms with Gasteiger partial charge in [0, 0.05) is 38.1 Å². The number of fused-ring (bicyclic) bond motifs is 2. The maximum atomic E-state index is 13.5. The lowest BCUT2D eigenvalue weighted by Gasteiger charge is -2.43. The molecule has 7 heteroatoms. The van der Waals surface area contributed by atoms with Crippen molar-refractivity contribution in [1.29, 1.82) is 0 Å². The van der Waals surface area contributed by atoms with Gasteiger partial charge in [0.25, 0.3) is 0 Å². The van der Waals surface area contributed by atoms with E-state index in [9.17, 15) is 4.79 Å². The Morgan fingerprint density at radius 1 is 1.22 bits per heavy atom. The van der Waals surface area contributed by atoms with E-state index in [-0.39, 0.29) is 24.3 Å². The van der Waals surface area contributed by atoms with E-state index >= 15 is 0 Å². The van der Waals surface area contributed by atoms with E-state index < -0.39 is 5.60 Å². The quantitative estimate of drug-likeness (QED) is 0.583. The summed E-state index contributed by atoms with van der Waals surface area (Å²) >= 11 is 0. The minimum Gasteiger partial charge on any atom is -0.444 e. The third-order valence-electron chi connectivity index (χ3n) is 7.88. The van der Waals surface area contributed by atoms with Crippen LogP contribution in [0.3, 0.4) is 0 Å². The van der Waals surface area contributed by atoms with Crippen LogP contribution in [0.1, 0.15) is 69.0 Å². The number of benzene rings is 1. The van der Waals surface area contributed by atoms with Gasteiger partial charge in [0.05, 0.1) is 30.5 Å². The summed E-state index contributed by atoms with van der Waals surface area (Å²) in [6.07, 6.45) is 6.04. The number of anilines is 1. The first-order valence-corrected chi connectivity index (χ1v) is 13.8. The van der Waals surface area contributed by atoms with E-state index in [2.05, 4.69) is 48.0 Å². The molecule has 3 aliphatic rings. The second-order valence-corrected chi connectivity index (χ2v) is 11.9. The number of likely N-dealkylation sites (N-methyl/N-ethyl adjacent to an activating group) is 1. The number of hydrogen-bond donors (Lipinski definition) is 0. The number of ether oxygens (including phenoxy) is 2. The third-order valence-corrected chi connectivity index (χ3v) is 7.88. The summed E-state index contributed by atoms with van der Waals surface area (Å²) in [6, 6.07) is 11.1. The van der Waals surface area contributed by atoms with Crippen molar-refractivity contribution in [1.82, 2.24) is 14.8 Å². The van der Waals surface area contributed by atoms with Gasteiger partial charge < -0.3 is 14.4 Å². The van der Waals surface area contributed by atoms with Crippen LogP contribution < -0.4 is 4.90 Å². The van der Waals surface area contributed by atoms with Gasteiger partial charge in [-0.2, -0.15) is 0 Å². The lowest BCUT2D eigenvalue weighted by Crippen LogP contribution is -2.52. The Hall–Kier alpha value is -2.64. The highest BCUT2D eigenvalue weighted by Crippen LogP contribution is 2.36. The van der Waals surface area contributed by atoms with Crippen molar-refractivity contribution in [3.63, 3.8) is 0 Å². The molecule has 3 atom stereocenters. The number of aryl methyl sites for hydroxylation is 1. The summed E-state index contributed by atoms with van der Waals surface area (Å²) < 4.78 is 11.7. The van der Waals surface area contributed by atoms with Crippen molar-refractivity contribution in [2.75, 3.05) is 38.2 Å². The van der Waals surface area contributed by atoms with Crippen LogP contribution in [0, 0.1) is 0 Å². The standard InChI is InChI=1S/C30H42N4O3/c1-21-18-33(15-16-36-21)26-12-7-10-23-19-34(29(35)37-30(2,3)4)24(17-25(23)26)20-32(5)27-13-6-9-22-11-8-14-31-28(22)27/h7-8,10-12,14,21,24,27H,6,9,13,15-20H2,1-5H3/t21-,24-,27+/m1/s1. The molecule has 37 heavy (non-hydrogen) atoms. The van der Waals surface area contributed by atoms with Crippen LogP contribution in [0.25, 0.3) is 0 Å². The SMILES string of the molecule is C[C@@H]1CN(c2cccc3c2C[C@H](CN(C)[C@H]2CCCc4cccnc42)N(C(=O)OC(C)(C)C)C3)CCO1. The molecule has 200 valence electrons.